The lowest BCUT2D eigenvalue weighted by Crippen LogP contribution is -2.63. The van der Waals surface area contributed by atoms with Crippen molar-refractivity contribution >= 4 is 33.7 Å². The molecule has 1 aliphatic carbocycles. The Kier molecular flexibility index (Phi) is 4.21. The Balaban J connectivity index is 1.19. The van der Waals surface area contributed by atoms with E-state index in [-0.39, 0.29) is 5.91 Å². The predicted molar refractivity (Wildman–Crippen MR) is 103 cm³/mol. The van der Waals surface area contributed by atoms with Gasteiger partial charge in [0.1, 0.15) is 10.7 Å². The third-order valence-electron chi connectivity index (χ3n) is 5.89. The number of carbonyl (C=O) groups excluding carboxylic acids is 1. The lowest BCUT2D eigenvalue weighted by molar-refractivity contribution is -0.0423. The van der Waals surface area contributed by atoms with Crippen LogP contribution in [0.5, 0.6) is 0 Å². The second kappa shape index (κ2) is 6.58. The van der Waals surface area contributed by atoms with Gasteiger partial charge in [0.2, 0.25) is 0 Å². The Morgan fingerprint density at radius 2 is 2.15 bits per heavy atom. The number of amides is 1. The molecule has 0 saturated carbocycles. The summed E-state index contributed by atoms with van der Waals surface area (Å²) >= 11 is 3.25. The van der Waals surface area contributed by atoms with Gasteiger partial charge >= 0.3 is 0 Å². The van der Waals surface area contributed by atoms with Crippen LogP contribution in [0, 0.1) is 5.92 Å². The standard InChI is InChI=1S/C18H23N5OS2/c19-18-21-13(10-25-18)17(24)22-6-5-14-11(7-22)8-23(14)9-16-20-12-3-1-2-4-15(12)26-16/h10-11,14H,1-9H2,(H2,19,21)/t11-,14-/m0/s1. The first-order valence-electron chi connectivity index (χ1n) is 9.39. The molecule has 2 saturated heterocycles. The molecule has 2 N–H and O–H groups in total. The van der Waals surface area contributed by atoms with Crippen molar-refractivity contribution in [3.05, 3.63) is 26.7 Å². The minimum atomic E-state index is 0.0300. The maximum atomic E-state index is 12.6. The molecule has 1 amide bonds. The van der Waals surface area contributed by atoms with E-state index in [0.717, 1.165) is 39.0 Å². The zero-order valence-corrected chi connectivity index (χ0v) is 16.3. The molecule has 4 heterocycles. The summed E-state index contributed by atoms with van der Waals surface area (Å²) in [7, 11) is 0. The lowest BCUT2D eigenvalue weighted by Gasteiger charge is -2.53. The van der Waals surface area contributed by atoms with Crippen molar-refractivity contribution in [1.82, 2.24) is 19.8 Å². The van der Waals surface area contributed by atoms with Crippen LogP contribution in [0.3, 0.4) is 0 Å². The van der Waals surface area contributed by atoms with Gasteiger partial charge in [-0.3, -0.25) is 9.69 Å². The second-order valence-electron chi connectivity index (χ2n) is 7.55. The molecule has 2 fully saturated rings. The summed E-state index contributed by atoms with van der Waals surface area (Å²) in [6.07, 6.45) is 6.03. The first-order chi connectivity index (χ1) is 12.7. The maximum absolute atomic E-state index is 12.6. The van der Waals surface area contributed by atoms with Crippen LogP contribution in [-0.4, -0.2) is 51.4 Å². The van der Waals surface area contributed by atoms with Crippen molar-refractivity contribution < 1.29 is 4.79 Å². The van der Waals surface area contributed by atoms with Gasteiger partial charge in [-0.05, 0) is 32.1 Å². The van der Waals surface area contributed by atoms with Crippen LogP contribution in [0.15, 0.2) is 5.38 Å². The van der Waals surface area contributed by atoms with Crippen molar-refractivity contribution in [2.24, 2.45) is 5.92 Å². The van der Waals surface area contributed by atoms with Crippen molar-refractivity contribution in [1.29, 1.82) is 0 Å². The van der Waals surface area contributed by atoms with Crippen molar-refractivity contribution in [2.45, 2.75) is 44.7 Å². The third-order valence-corrected chi connectivity index (χ3v) is 7.70. The average molecular weight is 390 g/mol. The highest BCUT2D eigenvalue weighted by atomic mass is 32.1. The number of nitrogens with two attached hydrogens (primary N) is 1. The number of piperidine rings is 1. The van der Waals surface area contributed by atoms with Gasteiger partial charge in [0.05, 0.1) is 12.2 Å². The van der Waals surface area contributed by atoms with Crippen molar-refractivity contribution in [3.63, 3.8) is 0 Å². The van der Waals surface area contributed by atoms with E-state index in [1.165, 1.54) is 46.2 Å². The van der Waals surface area contributed by atoms with E-state index in [4.69, 9.17) is 10.7 Å². The molecule has 6 nitrogen and oxygen atoms in total. The van der Waals surface area contributed by atoms with E-state index >= 15 is 0 Å². The molecular weight excluding hydrogens is 366 g/mol. The average Bonchev–Trinajstić information content (AvgIpc) is 3.24. The number of rotatable bonds is 3. The minimum Gasteiger partial charge on any atom is -0.375 e. The second-order valence-corrected chi connectivity index (χ2v) is 9.61. The Labute approximate surface area is 161 Å². The summed E-state index contributed by atoms with van der Waals surface area (Å²) in [6, 6.07) is 0.598. The number of hydrogen-bond acceptors (Lipinski definition) is 7. The van der Waals surface area contributed by atoms with Gasteiger partial charge in [-0.1, -0.05) is 0 Å². The monoisotopic (exact) mass is 389 g/mol. The Morgan fingerprint density at radius 1 is 1.27 bits per heavy atom. The maximum Gasteiger partial charge on any atom is 0.273 e. The fourth-order valence-corrected chi connectivity index (χ4v) is 6.26. The van der Waals surface area contributed by atoms with Gasteiger partial charge in [-0.25, -0.2) is 9.97 Å². The number of nitrogen functional groups attached to an aromatic ring is 1. The number of thiazole rings is 2. The van der Waals surface area contributed by atoms with Crippen molar-refractivity contribution in [2.75, 3.05) is 25.4 Å². The Hall–Kier alpha value is -1.51. The highest BCUT2D eigenvalue weighted by molar-refractivity contribution is 7.13. The predicted octanol–water partition coefficient (Wildman–Crippen LogP) is 2.41. The lowest BCUT2D eigenvalue weighted by atomic mass is 9.82. The molecule has 2 atom stereocenters. The SMILES string of the molecule is Nc1nc(C(=O)N2CC[C@H]3[C@@H](C2)CN3Cc2nc3c(s2)CCCC3)cs1. The first kappa shape index (κ1) is 16.6. The molecule has 26 heavy (non-hydrogen) atoms. The first-order valence-corrected chi connectivity index (χ1v) is 11.1. The number of likely N-dealkylation sites (tertiary alicyclic amines) is 2. The number of fused-ring (bicyclic) bond motifs is 2. The largest absolute Gasteiger partial charge is 0.375 e. The molecule has 2 aromatic heterocycles. The number of aryl methyl sites for hydroxylation is 2. The van der Waals surface area contributed by atoms with E-state index in [2.05, 4.69) is 9.88 Å². The summed E-state index contributed by atoms with van der Waals surface area (Å²) in [4.78, 5) is 27.6. The molecular formula is C18H23N5OS2. The highest BCUT2D eigenvalue weighted by Crippen LogP contribution is 2.36. The molecule has 0 unspecified atom stereocenters. The fraction of sp³-hybridized carbons (Fsp3) is 0.611. The van der Waals surface area contributed by atoms with Crippen LogP contribution in [0.25, 0.3) is 0 Å². The van der Waals surface area contributed by atoms with Gasteiger partial charge < -0.3 is 10.6 Å². The van der Waals surface area contributed by atoms with Crippen LogP contribution in [-0.2, 0) is 19.4 Å². The van der Waals surface area contributed by atoms with Crippen LogP contribution >= 0.6 is 22.7 Å². The van der Waals surface area contributed by atoms with Crippen LogP contribution in [0.1, 0.15) is 45.3 Å². The van der Waals surface area contributed by atoms with Gasteiger partial charge in [-0.15, -0.1) is 22.7 Å². The number of carbonyl (C=O) groups is 1. The van der Waals surface area contributed by atoms with Crippen LogP contribution in [0.2, 0.25) is 0 Å². The molecule has 5 rings (SSSR count). The number of nitrogens with zero attached hydrogens (tertiary/aromatic N) is 4. The van der Waals surface area contributed by atoms with Crippen molar-refractivity contribution in [3.8, 4) is 0 Å². The highest BCUT2D eigenvalue weighted by Gasteiger charge is 2.43. The van der Waals surface area contributed by atoms with E-state index in [9.17, 15) is 4.79 Å². The van der Waals surface area contributed by atoms with E-state index in [1.807, 2.05) is 16.2 Å². The molecule has 0 aromatic carbocycles. The summed E-state index contributed by atoms with van der Waals surface area (Å²) in [5.41, 5.74) is 7.51. The number of anilines is 1. The molecule has 0 spiro atoms. The van der Waals surface area contributed by atoms with Crippen LogP contribution < -0.4 is 5.73 Å². The number of hydrogen-bond donors (Lipinski definition) is 1. The molecule has 0 bridgehead atoms. The summed E-state index contributed by atoms with van der Waals surface area (Å²) in [5, 5.41) is 3.51. The van der Waals surface area contributed by atoms with E-state index in [0.29, 0.717) is 22.8 Å². The van der Waals surface area contributed by atoms with Gasteiger partial charge in [0, 0.05) is 41.9 Å². The normalized spacial score (nSPS) is 25.5. The minimum absolute atomic E-state index is 0.0300. The zero-order valence-electron chi connectivity index (χ0n) is 14.7. The van der Waals surface area contributed by atoms with E-state index < -0.39 is 0 Å². The van der Waals surface area contributed by atoms with Crippen LogP contribution in [0.4, 0.5) is 5.13 Å². The molecule has 138 valence electrons. The van der Waals surface area contributed by atoms with Gasteiger partial charge in [-0.2, -0.15) is 0 Å². The quantitative estimate of drug-likeness (QED) is 0.872. The topological polar surface area (TPSA) is 75.3 Å². The van der Waals surface area contributed by atoms with E-state index in [1.54, 1.807) is 5.38 Å². The number of aromatic nitrogens is 2. The third kappa shape index (κ3) is 2.93. The molecule has 0 radical (unpaired) electrons. The molecule has 2 aliphatic heterocycles. The summed E-state index contributed by atoms with van der Waals surface area (Å²) in [5.74, 6) is 0.612. The molecule has 8 heteroatoms. The smallest absolute Gasteiger partial charge is 0.273 e. The molecule has 2 aromatic rings. The Bertz CT molecular complexity index is 808. The molecule has 3 aliphatic rings. The summed E-state index contributed by atoms with van der Waals surface area (Å²) in [6.45, 7) is 3.70. The fourth-order valence-electron chi connectivity index (χ4n) is 4.54. The van der Waals surface area contributed by atoms with Gasteiger partial charge in [0.15, 0.2) is 5.13 Å². The zero-order chi connectivity index (χ0) is 17.7. The Morgan fingerprint density at radius 3 is 2.92 bits per heavy atom. The van der Waals surface area contributed by atoms with Gasteiger partial charge in [0.25, 0.3) is 5.91 Å². The summed E-state index contributed by atoms with van der Waals surface area (Å²) < 4.78 is 0.